The predicted molar refractivity (Wildman–Crippen MR) is 83.4 cm³/mol. The van der Waals surface area contributed by atoms with E-state index >= 15 is 0 Å². The summed E-state index contributed by atoms with van der Waals surface area (Å²) in [6.45, 7) is 1.17. The first-order valence-electron chi connectivity index (χ1n) is 7.91. The smallest absolute Gasteiger partial charge is 0.0409 e. The quantitative estimate of drug-likeness (QED) is 0.891. The fourth-order valence-corrected chi connectivity index (χ4v) is 4.60. The molecule has 2 saturated carbocycles. The molecule has 0 radical (unpaired) electrons. The van der Waals surface area contributed by atoms with E-state index in [0.717, 1.165) is 17.0 Å². The number of rotatable bonds is 4. The monoisotopic (exact) mass is 290 g/mol. The number of hydrogen-bond donors (Lipinski definition) is 2. The molecule has 0 saturated heterocycles. The molecule has 3 aliphatic carbocycles. The van der Waals surface area contributed by atoms with Crippen molar-refractivity contribution in [2.45, 2.75) is 49.6 Å². The molecular formula is C17H23ClN2. The lowest BCUT2D eigenvalue weighted by molar-refractivity contribution is 0.214. The van der Waals surface area contributed by atoms with Gasteiger partial charge in [0.2, 0.25) is 0 Å². The molecule has 4 rings (SSSR count). The average molecular weight is 291 g/mol. The second kappa shape index (κ2) is 4.72. The molecule has 1 aromatic carbocycles. The molecule has 2 unspecified atom stereocenters. The van der Waals surface area contributed by atoms with Gasteiger partial charge in [0, 0.05) is 22.5 Å². The van der Waals surface area contributed by atoms with Crippen LogP contribution in [-0.4, -0.2) is 25.7 Å². The zero-order valence-corrected chi connectivity index (χ0v) is 12.8. The largest absolute Gasteiger partial charge is 0.319 e. The number of fused-ring (bicyclic) bond motifs is 2. The first kappa shape index (κ1) is 13.1. The molecule has 3 aliphatic rings. The van der Waals surface area contributed by atoms with E-state index in [4.69, 9.17) is 11.6 Å². The van der Waals surface area contributed by atoms with Crippen molar-refractivity contribution < 1.29 is 0 Å². The fourth-order valence-electron chi connectivity index (χ4n) is 4.43. The van der Waals surface area contributed by atoms with Crippen LogP contribution >= 0.6 is 11.6 Å². The summed E-state index contributed by atoms with van der Waals surface area (Å²) in [4.78, 5) is 0. The van der Waals surface area contributed by atoms with Crippen LogP contribution in [0.1, 0.15) is 36.8 Å². The van der Waals surface area contributed by atoms with Gasteiger partial charge in [0.1, 0.15) is 0 Å². The summed E-state index contributed by atoms with van der Waals surface area (Å²) in [5.41, 5.74) is 3.49. The van der Waals surface area contributed by atoms with Crippen molar-refractivity contribution in [3.63, 3.8) is 0 Å². The Balaban J connectivity index is 1.40. The van der Waals surface area contributed by atoms with Crippen molar-refractivity contribution in [2.75, 3.05) is 13.6 Å². The molecule has 3 heteroatoms. The minimum absolute atomic E-state index is 0.425. The van der Waals surface area contributed by atoms with Crippen molar-refractivity contribution >= 4 is 11.6 Å². The Morgan fingerprint density at radius 2 is 2.20 bits per heavy atom. The van der Waals surface area contributed by atoms with Gasteiger partial charge in [0.15, 0.2) is 0 Å². The minimum Gasteiger partial charge on any atom is -0.319 e. The van der Waals surface area contributed by atoms with Crippen LogP contribution in [0.3, 0.4) is 0 Å². The lowest BCUT2D eigenvalue weighted by atomic mass is 9.80. The molecule has 0 heterocycles. The fraction of sp³-hybridized carbons (Fsp3) is 0.647. The number of benzene rings is 1. The van der Waals surface area contributed by atoms with Crippen LogP contribution in [0, 0.1) is 5.92 Å². The Morgan fingerprint density at radius 1 is 1.35 bits per heavy atom. The van der Waals surface area contributed by atoms with Gasteiger partial charge in [-0.15, -0.1) is 0 Å². The number of aryl methyl sites for hydroxylation is 1. The van der Waals surface area contributed by atoms with Crippen molar-refractivity contribution in [3.05, 3.63) is 34.3 Å². The first-order valence-corrected chi connectivity index (χ1v) is 8.28. The maximum Gasteiger partial charge on any atom is 0.0409 e. The van der Waals surface area contributed by atoms with Gasteiger partial charge < -0.3 is 10.6 Å². The van der Waals surface area contributed by atoms with Gasteiger partial charge >= 0.3 is 0 Å². The van der Waals surface area contributed by atoms with Crippen LogP contribution in [0.4, 0.5) is 0 Å². The van der Waals surface area contributed by atoms with E-state index in [1.54, 1.807) is 0 Å². The molecule has 2 atom stereocenters. The van der Waals surface area contributed by atoms with Crippen LogP contribution in [0.5, 0.6) is 0 Å². The van der Waals surface area contributed by atoms with Crippen LogP contribution in [-0.2, 0) is 11.8 Å². The molecule has 1 aromatic rings. The normalized spacial score (nSPS) is 37.8. The topological polar surface area (TPSA) is 24.1 Å². The lowest BCUT2D eigenvalue weighted by Crippen LogP contribution is -2.46. The summed E-state index contributed by atoms with van der Waals surface area (Å²) < 4.78 is 0. The Morgan fingerprint density at radius 3 is 3.00 bits per heavy atom. The molecule has 2 nitrogen and oxygen atoms in total. The molecule has 0 aliphatic heterocycles. The third-order valence-electron chi connectivity index (χ3n) is 5.69. The van der Waals surface area contributed by atoms with Gasteiger partial charge in [-0.1, -0.05) is 17.7 Å². The standard InChI is InChI=1S/C17H23ClN2/c1-19-10-11-6-14(7-11)20-16-9-17(16)5-4-12-2-3-13(18)8-15(12)17/h2-3,8,11,14,16,19-20H,4-7,9-10H2,1H3. The van der Waals surface area contributed by atoms with Crippen LogP contribution in [0.25, 0.3) is 0 Å². The highest BCUT2D eigenvalue weighted by atomic mass is 35.5. The van der Waals surface area contributed by atoms with E-state index in [2.05, 4.69) is 29.8 Å². The second-order valence-corrected chi connectivity index (χ2v) is 7.41. The molecule has 2 fully saturated rings. The molecule has 0 amide bonds. The minimum atomic E-state index is 0.425. The van der Waals surface area contributed by atoms with Crippen molar-refractivity contribution in [2.24, 2.45) is 5.92 Å². The third kappa shape index (κ3) is 2.01. The highest BCUT2D eigenvalue weighted by Crippen LogP contribution is 2.57. The molecule has 0 bridgehead atoms. The van der Waals surface area contributed by atoms with Crippen LogP contribution in [0.2, 0.25) is 5.02 Å². The third-order valence-corrected chi connectivity index (χ3v) is 5.92. The Hall–Kier alpha value is -0.570. The molecule has 20 heavy (non-hydrogen) atoms. The predicted octanol–water partition coefficient (Wildman–Crippen LogP) is 2.88. The van der Waals surface area contributed by atoms with Gasteiger partial charge in [-0.25, -0.2) is 0 Å². The highest BCUT2D eigenvalue weighted by molar-refractivity contribution is 6.30. The van der Waals surface area contributed by atoms with E-state index < -0.39 is 0 Å². The molecule has 1 spiro atoms. The van der Waals surface area contributed by atoms with Gasteiger partial charge in [0.05, 0.1) is 0 Å². The summed E-state index contributed by atoms with van der Waals surface area (Å²) in [6.07, 6.45) is 6.55. The van der Waals surface area contributed by atoms with Gasteiger partial charge in [-0.3, -0.25) is 0 Å². The average Bonchev–Trinajstić information content (AvgIpc) is 2.97. The molecule has 2 N–H and O–H groups in total. The maximum absolute atomic E-state index is 6.20. The Bertz CT molecular complexity index is 524. The van der Waals surface area contributed by atoms with E-state index in [0.29, 0.717) is 11.5 Å². The second-order valence-electron chi connectivity index (χ2n) is 6.97. The lowest BCUT2D eigenvalue weighted by Gasteiger charge is -2.36. The molecular weight excluding hydrogens is 268 g/mol. The zero-order chi connectivity index (χ0) is 13.7. The number of halogens is 1. The van der Waals surface area contributed by atoms with E-state index in [1.165, 1.54) is 49.8 Å². The van der Waals surface area contributed by atoms with Gasteiger partial charge in [-0.2, -0.15) is 0 Å². The summed E-state index contributed by atoms with van der Waals surface area (Å²) in [5, 5.41) is 8.08. The summed E-state index contributed by atoms with van der Waals surface area (Å²) >= 11 is 6.20. The summed E-state index contributed by atoms with van der Waals surface area (Å²) in [7, 11) is 2.05. The van der Waals surface area contributed by atoms with Crippen molar-refractivity contribution in [1.82, 2.24) is 10.6 Å². The Labute approximate surface area is 126 Å². The summed E-state index contributed by atoms with van der Waals surface area (Å²) in [6, 6.07) is 7.94. The van der Waals surface area contributed by atoms with E-state index in [-0.39, 0.29) is 0 Å². The Kier molecular flexibility index (Phi) is 3.10. The zero-order valence-electron chi connectivity index (χ0n) is 12.1. The van der Waals surface area contributed by atoms with Gasteiger partial charge in [-0.05, 0) is 74.9 Å². The molecule has 108 valence electrons. The van der Waals surface area contributed by atoms with Crippen molar-refractivity contribution in [3.8, 4) is 0 Å². The number of nitrogens with one attached hydrogen (secondary N) is 2. The van der Waals surface area contributed by atoms with E-state index in [9.17, 15) is 0 Å². The first-order chi connectivity index (χ1) is 9.71. The molecule has 0 aromatic heterocycles. The highest BCUT2D eigenvalue weighted by Gasteiger charge is 2.58. The maximum atomic E-state index is 6.20. The van der Waals surface area contributed by atoms with Crippen LogP contribution in [0.15, 0.2) is 18.2 Å². The van der Waals surface area contributed by atoms with Gasteiger partial charge in [0.25, 0.3) is 0 Å². The van der Waals surface area contributed by atoms with E-state index in [1.807, 2.05) is 6.07 Å². The van der Waals surface area contributed by atoms with Crippen LogP contribution < -0.4 is 10.6 Å². The SMILES string of the molecule is CNCC1CC(NC2CC23CCc2ccc(Cl)cc23)C1. The number of hydrogen-bond acceptors (Lipinski definition) is 2. The van der Waals surface area contributed by atoms with Crippen molar-refractivity contribution in [1.29, 1.82) is 0 Å². The summed E-state index contributed by atoms with van der Waals surface area (Å²) in [5.74, 6) is 0.887.